The highest BCUT2D eigenvalue weighted by Gasteiger charge is 2.34. The summed E-state index contributed by atoms with van der Waals surface area (Å²) in [6.07, 6.45) is 3.31. The highest BCUT2D eigenvalue weighted by Crippen LogP contribution is 2.34. The molecule has 0 spiro atoms. The Morgan fingerprint density at radius 3 is 2.52 bits per heavy atom. The zero-order chi connectivity index (χ0) is 21.2. The molecule has 7 heteroatoms. The quantitative estimate of drug-likeness (QED) is 0.752. The van der Waals surface area contributed by atoms with Crippen LogP contribution in [0.3, 0.4) is 0 Å². The van der Waals surface area contributed by atoms with Crippen LogP contribution in [0.15, 0.2) is 28.2 Å². The van der Waals surface area contributed by atoms with Crippen molar-refractivity contribution in [2.45, 2.75) is 53.4 Å². The van der Waals surface area contributed by atoms with Crippen LogP contribution in [0.5, 0.6) is 0 Å². The van der Waals surface area contributed by atoms with Gasteiger partial charge in [-0.25, -0.2) is 0 Å². The predicted octanol–water partition coefficient (Wildman–Crippen LogP) is 3.50. The van der Waals surface area contributed by atoms with Gasteiger partial charge in [0.1, 0.15) is 10.7 Å². The van der Waals surface area contributed by atoms with Gasteiger partial charge in [0.25, 0.3) is 10.0 Å². The summed E-state index contributed by atoms with van der Waals surface area (Å²) >= 11 is 0. The van der Waals surface area contributed by atoms with Crippen LogP contribution in [-0.4, -0.2) is 56.1 Å². The van der Waals surface area contributed by atoms with E-state index in [1.807, 2.05) is 48.8 Å². The molecule has 1 aromatic rings. The molecule has 0 N–H and O–H groups in total. The molecule has 2 aliphatic rings. The SMILES string of the molecule is CCCCC(=O)N1CCCN(C2=NS(=O)(=O)C(c3ccc(C)c(C)c3)=C2C)CC1. The van der Waals surface area contributed by atoms with Gasteiger partial charge in [-0.05, 0) is 50.3 Å². The van der Waals surface area contributed by atoms with E-state index in [4.69, 9.17) is 0 Å². The molecule has 1 saturated heterocycles. The van der Waals surface area contributed by atoms with Gasteiger partial charge in [-0.2, -0.15) is 8.42 Å². The normalized spacial score (nSPS) is 19.4. The zero-order valence-electron chi connectivity index (χ0n) is 17.9. The van der Waals surface area contributed by atoms with E-state index in [0.29, 0.717) is 54.5 Å². The minimum Gasteiger partial charge on any atom is -0.354 e. The van der Waals surface area contributed by atoms with Gasteiger partial charge in [0.2, 0.25) is 5.91 Å². The summed E-state index contributed by atoms with van der Waals surface area (Å²) in [5, 5.41) is 0. The Morgan fingerprint density at radius 1 is 1.07 bits per heavy atom. The van der Waals surface area contributed by atoms with Crippen LogP contribution in [0.2, 0.25) is 0 Å². The number of hydrogen-bond acceptors (Lipinski definition) is 4. The van der Waals surface area contributed by atoms with Crippen molar-refractivity contribution in [3.8, 4) is 0 Å². The molecule has 2 aliphatic heterocycles. The van der Waals surface area contributed by atoms with Crippen molar-refractivity contribution in [1.29, 1.82) is 0 Å². The minimum atomic E-state index is -3.73. The first kappa shape index (κ1) is 21.6. The van der Waals surface area contributed by atoms with E-state index in [-0.39, 0.29) is 5.91 Å². The first-order valence-corrected chi connectivity index (χ1v) is 11.8. The van der Waals surface area contributed by atoms with E-state index in [1.54, 1.807) is 0 Å². The summed E-state index contributed by atoms with van der Waals surface area (Å²) in [4.78, 5) is 16.6. The van der Waals surface area contributed by atoms with Crippen molar-refractivity contribution in [3.63, 3.8) is 0 Å². The van der Waals surface area contributed by atoms with Crippen molar-refractivity contribution >= 4 is 26.7 Å². The average Bonchev–Trinajstić information content (AvgIpc) is 2.83. The summed E-state index contributed by atoms with van der Waals surface area (Å²) < 4.78 is 29.9. The molecular formula is C22H31N3O3S. The van der Waals surface area contributed by atoms with Crippen molar-refractivity contribution in [2.24, 2.45) is 4.40 Å². The van der Waals surface area contributed by atoms with Gasteiger partial charge < -0.3 is 9.80 Å². The van der Waals surface area contributed by atoms with Crippen LogP contribution in [0.4, 0.5) is 0 Å². The fourth-order valence-corrected chi connectivity index (χ4v) is 5.41. The average molecular weight is 418 g/mol. The first-order valence-electron chi connectivity index (χ1n) is 10.4. The number of benzene rings is 1. The van der Waals surface area contributed by atoms with Gasteiger partial charge in [-0.3, -0.25) is 4.79 Å². The van der Waals surface area contributed by atoms with Gasteiger partial charge in [0.15, 0.2) is 0 Å². The molecule has 3 rings (SSSR count). The highest BCUT2D eigenvalue weighted by atomic mass is 32.2. The fourth-order valence-electron chi connectivity index (χ4n) is 3.93. The maximum Gasteiger partial charge on any atom is 0.285 e. The van der Waals surface area contributed by atoms with E-state index >= 15 is 0 Å². The second kappa shape index (κ2) is 8.69. The molecule has 0 bridgehead atoms. The lowest BCUT2D eigenvalue weighted by Crippen LogP contribution is -2.37. The molecular weight excluding hydrogens is 386 g/mol. The number of carbonyl (C=O) groups is 1. The van der Waals surface area contributed by atoms with Crippen LogP contribution in [0.1, 0.15) is 56.2 Å². The highest BCUT2D eigenvalue weighted by molar-refractivity contribution is 8.00. The maximum absolute atomic E-state index is 12.9. The number of nitrogens with zero attached hydrogens (tertiary/aromatic N) is 3. The molecule has 1 aromatic carbocycles. The monoisotopic (exact) mass is 417 g/mol. The Hall–Kier alpha value is -2.15. The Labute approximate surface area is 174 Å². The molecule has 6 nitrogen and oxygen atoms in total. The van der Waals surface area contributed by atoms with Gasteiger partial charge in [-0.15, -0.1) is 4.40 Å². The largest absolute Gasteiger partial charge is 0.354 e. The molecule has 0 aliphatic carbocycles. The number of amides is 1. The molecule has 0 radical (unpaired) electrons. The molecule has 0 saturated carbocycles. The van der Waals surface area contributed by atoms with Gasteiger partial charge >= 0.3 is 0 Å². The van der Waals surface area contributed by atoms with Crippen molar-refractivity contribution in [2.75, 3.05) is 26.2 Å². The Bertz CT molecular complexity index is 964. The molecule has 29 heavy (non-hydrogen) atoms. The number of amidine groups is 1. The molecule has 2 heterocycles. The second-order valence-corrected chi connectivity index (χ2v) is 9.51. The van der Waals surface area contributed by atoms with E-state index in [0.717, 1.165) is 30.4 Å². The third-order valence-electron chi connectivity index (χ3n) is 5.80. The summed E-state index contributed by atoms with van der Waals surface area (Å²) in [5.74, 6) is 0.721. The standard InChI is InChI=1S/C22H31N3O3S/c1-5-6-8-20(26)24-11-7-12-25(14-13-24)22-18(4)21(29(27,28)23-22)19-10-9-16(2)17(3)15-19/h9-10,15H,5-8,11-14H2,1-4H3. The summed E-state index contributed by atoms with van der Waals surface area (Å²) in [7, 11) is -3.73. The summed E-state index contributed by atoms with van der Waals surface area (Å²) in [6.45, 7) is 10.5. The number of sulfonamides is 1. The smallest absolute Gasteiger partial charge is 0.285 e. The van der Waals surface area contributed by atoms with Gasteiger partial charge in [0.05, 0.1) is 0 Å². The number of aryl methyl sites for hydroxylation is 2. The van der Waals surface area contributed by atoms with Gasteiger partial charge in [0, 0.05) is 38.2 Å². The topological polar surface area (TPSA) is 70.1 Å². The Balaban J connectivity index is 1.83. The van der Waals surface area contributed by atoms with Crippen LogP contribution in [-0.2, 0) is 14.8 Å². The van der Waals surface area contributed by atoms with Crippen molar-refractivity contribution in [1.82, 2.24) is 9.80 Å². The predicted molar refractivity (Wildman–Crippen MR) is 117 cm³/mol. The molecule has 0 unspecified atom stereocenters. The lowest BCUT2D eigenvalue weighted by molar-refractivity contribution is -0.131. The molecule has 1 amide bonds. The van der Waals surface area contributed by atoms with Gasteiger partial charge in [-0.1, -0.05) is 31.5 Å². The van der Waals surface area contributed by atoms with E-state index < -0.39 is 10.0 Å². The van der Waals surface area contributed by atoms with Crippen molar-refractivity contribution < 1.29 is 13.2 Å². The number of carbonyl (C=O) groups excluding carboxylic acids is 1. The third-order valence-corrected chi connectivity index (χ3v) is 7.27. The van der Waals surface area contributed by atoms with E-state index in [9.17, 15) is 13.2 Å². The lowest BCUT2D eigenvalue weighted by Gasteiger charge is -2.23. The first-order chi connectivity index (χ1) is 13.7. The van der Waals surface area contributed by atoms with Crippen LogP contribution in [0.25, 0.3) is 4.91 Å². The third kappa shape index (κ3) is 4.55. The van der Waals surface area contributed by atoms with Crippen LogP contribution in [0, 0.1) is 13.8 Å². The lowest BCUT2D eigenvalue weighted by atomic mass is 10.0. The zero-order valence-corrected chi connectivity index (χ0v) is 18.7. The number of hydrogen-bond donors (Lipinski definition) is 0. The van der Waals surface area contributed by atoms with Crippen LogP contribution >= 0.6 is 0 Å². The molecule has 158 valence electrons. The fraction of sp³-hybridized carbons (Fsp3) is 0.545. The Kier molecular flexibility index (Phi) is 6.46. The summed E-state index contributed by atoms with van der Waals surface area (Å²) in [5.41, 5.74) is 3.57. The Morgan fingerprint density at radius 2 is 1.83 bits per heavy atom. The number of unbranched alkanes of at least 4 members (excludes halogenated alkanes) is 1. The summed E-state index contributed by atoms with van der Waals surface area (Å²) in [6, 6.07) is 5.72. The number of rotatable bonds is 4. The van der Waals surface area contributed by atoms with Crippen molar-refractivity contribution in [3.05, 3.63) is 40.5 Å². The minimum absolute atomic E-state index is 0.192. The molecule has 0 aromatic heterocycles. The van der Waals surface area contributed by atoms with E-state index in [2.05, 4.69) is 11.3 Å². The molecule has 0 atom stereocenters. The van der Waals surface area contributed by atoms with Crippen LogP contribution < -0.4 is 0 Å². The van der Waals surface area contributed by atoms with E-state index in [1.165, 1.54) is 0 Å². The maximum atomic E-state index is 12.9. The second-order valence-electron chi connectivity index (χ2n) is 7.97. The molecule has 1 fully saturated rings.